The smallest absolute Gasteiger partial charge is 0.227 e. The van der Waals surface area contributed by atoms with E-state index >= 15 is 0 Å². The van der Waals surface area contributed by atoms with Gasteiger partial charge >= 0.3 is 0 Å². The third kappa shape index (κ3) is 4.82. The highest BCUT2D eigenvalue weighted by Crippen LogP contribution is 2.17. The lowest BCUT2D eigenvalue weighted by Crippen LogP contribution is -2.41. The van der Waals surface area contributed by atoms with Crippen molar-refractivity contribution in [3.05, 3.63) is 34.9 Å². The summed E-state index contributed by atoms with van der Waals surface area (Å²) in [5.74, 6) is 0.239. The Hall–Kier alpha value is -0.870. The van der Waals surface area contributed by atoms with E-state index in [0.29, 0.717) is 12.5 Å². The van der Waals surface area contributed by atoms with Crippen LogP contribution < -0.4 is 0 Å². The third-order valence-electron chi connectivity index (χ3n) is 4.07. The summed E-state index contributed by atoms with van der Waals surface area (Å²) in [6.07, 6.45) is 2.73. The van der Waals surface area contributed by atoms with Gasteiger partial charge in [0.2, 0.25) is 5.91 Å². The van der Waals surface area contributed by atoms with Gasteiger partial charge in [0.25, 0.3) is 0 Å². The first-order valence-electron chi connectivity index (χ1n) is 7.61. The van der Waals surface area contributed by atoms with Gasteiger partial charge in [-0.1, -0.05) is 39.7 Å². The largest absolute Gasteiger partial charge is 0.377 e. The van der Waals surface area contributed by atoms with Gasteiger partial charge in [-0.3, -0.25) is 4.79 Å². The minimum Gasteiger partial charge on any atom is -0.377 e. The molecule has 0 saturated carbocycles. The zero-order chi connectivity index (χ0) is 15.2. The number of carbonyl (C=O) groups excluding carboxylic acids is 1. The molecule has 116 valence electrons. The Morgan fingerprint density at radius 3 is 2.71 bits per heavy atom. The Kier molecular flexibility index (Phi) is 6.24. The van der Waals surface area contributed by atoms with Crippen LogP contribution in [0.25, 0.3) is 0 Å². The Labute approximate surface area is 135 Å². The second kappa shape index (κ2) is 7.95. The van der Waals surface area contributed by atoms with Crippen molar-refractivity contribution in [1.29, 1.82) is 0 Å². The van der Waals surface area contributed by atoms with E-state index < -0.39 is 0 Å². The lowest BCUT2D eigenvalue weighted by Gasteiger charge is -2.32. The fraction of sp³-hybridized carbons (Fsp3) is 0.588. The van der Waals surface area contributed by atoms with E-state index in [1.165, 1.54) is 11.1 Å². The second-order valence-corrected chi connectivity index (χ2v) is 6.54. The number of rotatable bonds is 5. The summed E-state index contributed by atoms with van der Waals surface area (Å²) in [5.41, 5.74) is 3.56. The van der Waals surface area contributed by atoms with Crippen molar-refractivity contribution < 1.29 is 9.53 Å². The van der Waals surface area contributed by atoms with E-state index in [1.807, 2.05) is 4.90 Å². The van der Waals surface area contributed by atoms with Gasteiger partial charge in [0.05, 0.1) is 19.1 Å². The van der Waals surface area contributed by atoms with Crippen molar-refractivity contribution in [3.8, 4) is 0 Å². The third-order valence-corrected chi connectivity index (χ3v) is 4.40. The minimum absolute atomic E-state index is 0.239. The number of nitrogens with zero attached hydrogens (tertiary/aromatic N) is 1. The van der Waals surface area contributed by atoms with E-state index in [1.54, 1.807) is 0 Å². The zero-order valence-corrected chi connectivity index (χ0v) is 14.5. The molecule has 1 aliphatic rings. The predicted octanol–water partition coefficient (Wildman–Crippen LogP) is 3.25. The van der Waals surface area contributed by atoms with Crippen molar-refractivity contribution >= 4 is 21.8 Å². The molecule has 1 fully saturated rings. The van der Waals surface area contributed by atoms with Gasteiger partial charge in [-0.2, -0.15) is 0 Å². The lowest BCUT2D eigenvalue weighted by atomic mass is 10.0. The van der Waals surface area contributed by atoms with Gasteiger partial charge in [-0.15, -0.1) is 0 Å². The first-order chi connectivity index (χ1) is 10.1. The SMILES string of the molecule is Cc1ccc(C)c(CC(=O)N2CCC(OCCBr)CC2)c1. The van der Waals surface area contributed by atoms with Crippen LogP contribution in [0.5, 0.6) is 0 Å². The Balaban J connectivity index is 1.86. The normalized spacial score (nSPS) is 16.2. The highest BCUT2D eigenvalue weighted by Gasteiger charge is 2.23. The summed E-state index contributed by atoms with van der Waals surface area (Å²) in [6.45, 7) is 6.52. The number of amides is 1. The van der Waals surface area contributed by atoms with Crippen LogP contribution in [0.3, 0.4) is 0 Å². The first kappa shape index (κ1) is 16.5. The van der Waals surface area contributed by atoms with Gasteiger partial charge < -0.3 is 9.64 Å². The number of alkyl halides is 1. The molecule has 2 rings (SSSR count). The molecule has 0 N–H and O–H groups in total. The number of piperidine rings is 1. The molecular weight excluding hydrogens is 330 g/mol. The van der Waals surface area contributed by atoms with Gasteiger partial charge in [-0.05, 0) is 37.8 Å². The molecule has 1 aromatic rings. The molecular formula is C17H24BrNO2. The van der Waals surface area contributed by atoms with Gasteiger partial charge in [0, 0.05) is 18.4 Å². The standard InChI is InChI=1S/C17H24BrNO2/c1-13-3-4-14(2)15(11-13)12-17(20)19-8-5-16(6-9-19)21-10-7-18/h3-4,11,16H,5-10,12H2,1-2H3. The monoisotopic (exact) mass is 353 g/mol. The molecule has 1 heterocycles. The van der Waals surface area contributed by atoms with Crippen molar-refractivity contribution in [2.45, 2.75) is 39.2 Å². The molecule has 0 spiro atoms. The van der Waals surface area contributed by atoms with E-state index in [-0.39, 0.29) is 5.91 Å². The summed E-state index contributed by atoms with van der Waals surface area (Å²) in [5, 5.41) is 0.874. The number of aryl methyl sites for hydroxylation is 2. The van der Waals surface area contributed by atoms with Crippen LogP contribution in [-0.2, 0) is 16.0 Å². The molecule has 0 bridgehead atoms. The van der Waals surface area contributed by atoms with Gasteiger partial charge in [0.1, 0.15) is 0 Å². The number of carbonyl (C=O) groups is 1. The Bertz CT molecular complexity index is 482. The number of hydrogen-bond acceptors (Lipinski definition) is 2. The summed E-state index contributed by atoms with van der Waals surface area (Å²) in [7, 11) is 0. The van der Waals surface area contributed by atoms with Crippen molar-refractivity contribution in [2.75, 3.05) is 25.0 Å². The number of hydrogen-bond donors (Lipinski definition) is 0. The Morgan fingerprint density at radius 1 is 1.33 bits per heavy atom. The fourth-order valence-corrected chi connectivity index (χ4v) is 2.94. The predicted molar refractivity (Wildman–Crippen MR) is 89.0 cm³/mol. The summed E-state index contributed by atoms with van der Waals surface area (Å²) in [6, 6.07) is 6.31. The maximum atomic E-state index is 12.4. The average molecular weight is 354 g/mol. The van der Waals surface area contributed by atoms with E-state index in [2.05, 4.69) is 48.0 Å². The van der Waals surface area contributed by atoms with Gasteiger partial charge in [-0.25, -0.2) is 0 Å². The minimum atomic E-state index is 0.239. The number of halogens is 1. The van der Waals surface area contributed by atoms with Crippen molar-refractivity contribution in [2.24, 2.45) is 0 Å². The highest BCUT2D eigenvalue weighted by atomic mass is 79.9. The number of likely N-dealkylation sites (tertiary alicyclic amines) is 1. The summed E-state index contributed by atoms with van der Waals surface area (Å²) in [4.78, 5) is 14.4. The highest BCUT2D eigenvalue weighted by molar-refractivity contribution is 9.09. The molecule has 1 aliphatic heterocycles. The molecule has 0 radical (unpaired) electrons. The van der Waals surface area contributed by atoms with Crippen LogP contribution >= 0.6 is 15.9 Å². The lowest BCUT2D eigenvalue weighted by molar-refractivity contribution is -0.133. The molecule has 0 atom stereocenters. The van der Waals surface area contributed by atoms with Crippen LogP contribution in [0.1, 0.15) is 29.5 Å². The van der Waals surface area contributed by atoms with Crippen LogP contribution in [0.15, 0.2) is 18.2 Å². The van der Waals surface area contributed by atoms with E-state index in [0.717, 1.165) is 43.4 Å². The van der Waals surface area contributed by atoms with Gasteiger partial charge in [0.15, 0.2) is 0 Å². The molecule has 1 saturated heterocycles. The van der Waals surface area contributed by atoms with Crippen LogP contribution in [0.2, 0.25) is 0 Å². The van der Waals surface area contributed by atoms with Crippen LogP contribution in [0, 0.1) is 13.8 Å². The first-order valence-corrected chi connectivity index (χ1v) is 8.73. The molecule has 0 aromatic heterocycles. The number of ether oxygens (including phenoxy) is 1. The molecule has 0 aliphatic carbocycles. The molecule has 21 heavy (non-hydrogen) atoms. The molecule has 1 aromatic carbocycles. The van der Waals surface area contributed by atoms with Crippen LogP contribution in [0.4, 0.5) is 0 Å². The Morgan fingerprint density at radius 2 is 2.05 bits per heavy atom. The van der Waals surface area contributed by atoms with Crippen molar-refractivity contribution in [1.82, 2.24) is 4.90 Å². The topological polar surface area (TPSA) is 29.5 Å². The summed E-state index contributed by atoms with van der Waals surface area (Å²) >= 11 is 3.37. The zero-order valence-electron chi connectivity index (χ0n) is 12.9. The molecule has 1 amide bonds. The van der Waals surface area contributed by atoms with Crippen LogP contribution in [-0.4, -0.2) is 41.9 Å². The second-order valence-electron chi connectivity index (χ2n) is 5.75. The quantitative estimate of drug-likeness (QED) is 0.760. The fourth-order valence-electron chi connectivity index (χ4n) is 2.75. The van der Waals surface area contributed by atoms with E-state index in [4.69, 9.17) is 4.74 Å². The van der Waals surface area contributed by atoms with Crippen molar-refractivity contribution in [3.63, 3.8) is 0 Å². The van der Waals surface area contributed by atoms with E-state index in [9.17, 15) is 4.79 Å². The molecule has 4 heteroatoms. The average Bonchev–Trinajstić information content (AvgIpc) is 2.49. The maximum Gasteiger partial charge on any atom is 0.227 e. The maximum absolute atomic E-state index is 12.4. The molecule has 3 nitrogen and oxygen atoms in total. The molecule has 0 unspecified atom stereocenters. The number of benzene rings is 1. The summed E-state index contributed by atoms with van der Waals surface area (Å²) < 4.78 is 5.73.